The molecule has 0 atom stereocenters. The molecule has 1 aromatic rings. The molecule has 2 rings (SSSR count). The second kappa shape index (κ2) is 4.87. The van der Waals surface area contributed by atoms with Gasteiger partial charge in [-0.15, -0.1) is 0 Å². The van der Waals surface area contributed by atoms with Crippen LogP contribution >= 0.6 is 11.6 Å². The van der Waals surface area contributed by atoms with Crippen LogP contribution in [0.3, 0.4) is 0 Å². The van der Waals surface area contributed by atoms with E-state index in [1.807, 2.05) is 0 Å². The van der Waals surface area contributed by atoms with Crippen LogP contribution in [-0.2, 0) is 4.79 Å². The van der Waals surface area contributed by atoms with E-state index in [1.54, 1.807) is 18.2 Å². The zero-order chi connectivity index (χ0) is 13.2. The number of carbonyl (C=O) groups excluding carboxylic acids is 1. The predicted octanol–water partition coefficient (Wildman–Crippen LogP) is 2.98. The number of rotatable bonds is 3. The number of benzene rings is 1. The lowest BCUT2D eigenvalue weighted by molar-refractivity contribution is -0.126. The van der Waals surface area contributed by atoms with Gasteiger partial charge in [0.05, 0.1) is 18.2 Å². The van der Waals surface area contributed by atoms with E-state index in [4.69, 9.17) is 21.6 Å². The van der Waals surface area contributed by atoms with Crippen LogP contribution in [0.5, 0.6) is 5.75 Å². The summed E-state index contributed by atoms with van der Waals surface area (Å²) in [5.74, 6) is 0.245. The Hall–Kier alpha value is -1.73. The van der Waals surface area contributed by atoms with Gasteiger partial charge in [0.25, 0.3) is 0 Å². The molecule has 1 aliphatic rings. The van der Waals surface area contributed by atoms with Crippen molar-refractivity contribution < 1.29 is 9.53 Å². The van der Waals surface area contributed by atoms with Gasteiger partial charge < -0.3 is 10.1 Å². The standard InChI is InChI=1S/C13H13ClN2O2/c1-18-11-7-9(3-4-10(11)14)16-12(17)13(8-15)5-2-6-13/h3-4,7H,2,5-6H2,1H3,(H,16,17). The summed E-state index contributed by atoms with van der Waals surface area (Å²) in [6.07, 6.45) is 2.17. The van der Waals surface area contributed by atoms with Gasteiger partial charge in [-0.25, -0.2) is 0 Å². The van der Waals surface area contributed by atoms with Crippen molar-refractivity contribution in [2.24, 2.45) is 5.41 Å². The zero-order valence-electron chi connectivity index (χ0n) is 10.00. The molecule has 0 aliphatic heterocycles. The Morgan fingerprint density at radius 1 is 1.56 bits per heavy atom. The molecule has 1 aliphatic carbocycles. The maximum Gasteiger partial charge on any atom is 0.244 e. The molecule has 4 nitrogen and oxygen atoms in total. The van der Waals surface area contributed by atoms with Crippen LogP contribution in [-0.4, -0.2) is 13.0 Å². The molecule has 0 radical (unpaired) electrons. The number of hydrogen-bond acceptors (Lipinski definition) is 3. The quantitative estimate of drug-likeness (QED) is 0.913. The van der Waals surface area contributed by atoms with Crippen molar-refractivity contribution in [2.45, 2.75) is 19.3 Å². The molecule has 0 heterocycles. The van der Waals surface area contributed by atoms with Crippen molar-refractivity contribution in [1.82, 2.24) is 0 Å². The number of carbonyl (C=O) groups is 1. The minimum Gasteiger partial charge on any atom is -0.495 e. The average molecular weight is 265 g/mol. The molecular formula is C13H13ClN2O2. The van der Waals surface area contributed by atoms with Gasteiger partial charge in [0.15, 0.2) is 0 Å². The molecule has 1 N–H and O–H groups in total. The predicted molar refractivity (Wildman–Crippen MR) is 68.5 cm³/mol. The van der Waals surface area contributed by atoms with Crippen LogP contribution < -0.4 is 10.1 Å². The lowest BCUT2D eigenvalue weighted by Gasteiger charge is -2.33. The molecule has 18 heavy (non-hydrogen) atoms. The minimum atomic E-state index is -0.854. The van der Waals surface area contributed by atoms with Crippen molar-refractivity contribution in [3.8, 4) is 11.8 Å². The first-order valence-electron chi connectivity index (χ1n) is 5.67. The van der Waals surface area contributed by atoms with Crippen LogP contribution in [0.4, 0.5) is 5.69 Å². The number of amides is 1. The third-order valence-electron chi connectivity index (χ3n) is 3.26. The number of halogens is 1. The summed E-state index contributed by atoms with van der Waals surface area (Å²) < 4.78 is 5.07. The minimum absolute atomic E-state index is 0.249. The Kier molecular flexibility index (Phi) is 3.44. The van der Waals surface area contributed by atoms with Crippen LogP contribution in [0.1, 0.15) is 19.3 Å². The van der Waals surface area contributed by atoms with Crippen molar-refractivity contribution >= 4 is 23.2 Å². The topological polar surface area (TPSA) is 62.1 Å². The number of nitrogens with one attached hydrogen (secondary N) is 1. The summed E-state index contributed by atoms with van der Waals surface area (Å²) in [6, 6.07) is 7.08. The van der Waals surface area contributed by atoms with Crippen molar-refractivity contribution in [3.63, 3.8) is 0 Å². The van der Waals surface area contributed by atoms with Crippen LogP contribution in [0.15, 0.2) is 18.2 Å². The SMILES string of the molecule is COc1cc(NC(=O)C2(C#N)CCC2)ccc1Cl. The second-order valence-corrected chi connectivity index (χ2v) is 4.76. The third-order valence-corrected chi connectivity index (χ3v) is 3.58. The fraction of sp³-hybridized carbons (Fsp3) is 0.385. The summed E-state index contributed by atoms with van der Waals surface area (Å²) in [7, 11) is 1.51. The Bertz CT molecular complexity index is 518. The number of ether oxygens (including phenoxy) is 1. The number of hydrogen-bond donors (Lipinski definition) is 1. The number of methoxy groups -OCH3 is 1. The first-order chi connectivity index (χ1) is 8.61. The number of nitrogens with zero attached hydrogens (tertiary/aromatic N) is 1. The summed E-state index contributed by atoms with van der Waals surface area (Å²) in [5.41, 5.74) is -0.268. The molecule has 5 heteroatoms. The fourth-order valence-electron chi connectivity index (χ4n) is 1.91. The van der Waals surface area contributed by atoms with Gasteiger partial charge in [0, 0.05) is 11.8 Å². The third kappa shape index (κ3) is 2.14. The lowest BCUT2D eigenvalue weighted by Crippen LogP contribution is -2.40. The largest absolute Gasteiger partial charge is 0.495 e. The molecule has 1 aromatic carbocycles. The van der Waals surface area contributed by atoms with Gasteiger partial charge in [0.2, 0.25) is 5.91 Å². The van der Waals surface area contributed by atoms with E-state index in [1.165, 1.54) is 7.11 Å². The van der Waals surface area contributed by atoms with Crippen LogP contribution in [0.25, 0.3) is 0 Å². The van der Waals surface area contributed by atoms with Crippen LogP contribution in [0, 0.1) is 16.7 Å². The van der Waals surface area contributed by atoms with Gasteiger partial charge in [-0.2, -0.15) is 5.26 Å². The number of anilines is 1. The summed E-state index contributed by atoms with van der Waals surface area (Å²) in [6.45, 7) is 0. The maximum absolute atomic E-state index is 12.0. The number of nitriles is 1. The zero-order valence-corrected chi connectivity index (χ0v) is 10.8. The summed E-state index contributed by atoms with van der Waals surface area (Å²) >= 11 is 5.90. The lowest BCUT2D eigenvalue weighted by atomic mass is 9.69. The fourth-order valence-corrected chi connectivity index (χ4v) is 2.10. The molecule has 0 bridgehead atoms. The van der Waals surface area contributed by atoms with E-state index >= 15 is 0 Å². The van der Waals surface area contributed by atoms with E-state index in [-0.39, 0.29) is 5.91 Å². The molecule has 94 valence electrons. The van der Waals surface area contributed by atoms with E-state index in [9.17, 15) is 4.79 Å². The second-order valence-electron chi connectivity index (χ2n) is 4.35. The van der Waals surface area contributed by atoms with Gasteiger partial charge >= 0.3 is 0 Å². The highest BCUT2D eigenvalue weighted by atomic mass is 35.5. The molecule has 0 spiro atoms. The highest BCUT2D eigenvalue weighted by molar-refractivity contribution is 6.32. The molecule has 0 unspecified atom stereocenters. The van der Waals surface area contributed by atoms with Gasteiger partial charge in [-0.1, -0.05) is 11.6 Å². The molecular weight excluding hydrogens is 252 g/mol. The Labute approximate surface area is 111 Å². The molecule has 0 saturated heterocycles. The van der Waals surface area contributed by atoms with E-state index in [0.29, 0.717) is 29.3 Å². The van der Waals surface area contributed by atoms with Crippen molar-refractivity contribution in [1.29, 1.82) is 5.26 Å². The van der Waals surface area contributed by atoms with E-state index < -0.39 is 5.41 Å². The maximum atomic E-state index is 12.0. The average Bonchev–Trinajstić information content (AvgIpc) is 2.31. The van der Waals surface area contributed by atoms with Gasteiger partial charge in [-0.05, 0) is 31.4 Å². The highest BCUT2D eigenvalue weighted by Gasteiger charge is 2.44. The molecule has 0 aromatic heterocycles. The first-order valence-corrected chi connectivity index (χ1v) is 6.05. The Morgan fingerprint density at radius 2 is 2.28 bits per heavy atom. The monoisotopic (exact) mass is 264 g/mol. The first kappa shape index (κ1) is 12.7. The van der Waals surface area contributed by atoms with Crippen molar-refractivity contribution in [2.75, 3.05) is 12.4 Å². The molecule has 1 fully saturated rings. The normalized spacial score (nSPS) is 16.3. The van der Waals surface area contributed by atoms with E-state index in [0.717, 1.165) is 6.42 Å². The Morgan fingerprint density at radius 3 is 2.78 bits per heavy atom. The highest BCUT2D eigenvalue weighted by Crippen LogP contribution is 2.41. The van der Waals surface area contributed by atoms with Gasteiger partial charge in [-0.3, -0.25) is 4.79 Å². The smallest absolute Gasteiger partial charge is 0.244 e. The van der Waals surface area contributed by atoms with E-state index in [2.05, 4.69) is 11.4 Å². The summed E-state index contributed by atoms with van der Waals surface area (Å²) in [4.78, 5) is 12.0. The van der Waals surface area contributed by atoms with Gasteiger partial charge in [0.1, 0.15) is 11.2 Å². The Balaban J connectivity index is 2.15. The molecule has 1 amide bonds. The molecule has 1 saturated carbocycles. The van der Waals surface area contributed by atoms with Crippen molar-refractivity contribution in [3.05, 3.63) is 23.2 Å². The summed E-state index contributed by atoms with van der Waals surface area (Å²) in [5, 5.41) is 12.3. The van der Waals surface area contributed by atoms with Crippen LogP contribution in [0.2, 0.25) is 5.02 Å².